The van der Waals surface area contributed by atoms with Crippen LogP contribution in [0.2, 0.25) is 0 Å². The van der Waals surface area contributed by atoms with E-state index >= 15 is 0 Å². The van der Waals surface area contributed by atoms with Crippen LogP contribution in [0, 0.1) is 0 Å². The Morgan fingerprint density at radius 2 is 1.83 bits per heavy atom. The maximum atomic E-state index is 5.53. The molecule has 0 amide bonds. The summed E-state index contributed by atoms with van der Waals surface area (Å²) < 4.78 is 10.9. The minimum atomic E-state index is 0.196. The van der Waals surface area contributed by atoms with Gasteiger partial charge in [0.15, 0.2) is 0 Å². The Morgan fingerprint density at radius 3 is 2.50 bits per heavy atom. The van der Waals surface area contributed by atoms with Crippen LogP contribution >= 0.6 is 0 Å². The Bertz CT molecular complexity index is 758. The van der Waals surface area contributed by atoms with E-state index < -0.39 is 0 Å². The summed E-state index contributed by atoms with van der Waals surface area (Å²) in [6.07, 6.45) is 3.34. The fourth-order valence-electron chi connectivity index (χ4n) is 2.72. The van der Waals surface area contributed by atoms with Crippen molar-refractivity contribution in [3.05, 3.63) is 53.0 Å². The number of aromatic amines is 1. The van der Waals surface area contributed by atoms with Crippen LogP contribution in [0.1, 0.15) is 74.1 Å². The molecule has 128 valence electrons. The Labute approximate surface area is 141 Å². The predicted molar refractivity (Wildman–Crippen MR) is 89.9 cm³/mol. The maximum Gasteiger partial charge on any atom is 0.140 e. The van der Waals surface area contributed by atoms with Crippen molar-refractivity contribution >= 4 is 0 Å². The molecule has 3 aromatic rings. The molecule has 3 aromatic heterocycles. The van der Waals surface area contributed by atoms with Gasteiger partial charge < -0.3 is 9.05 Å². The first-order valence-corrected chi connectivity index (χ1v) is 8.43. The molecular formula is C18H24N4O2. The Hall–Kier alpha value is -2.37. The molecule has 0 aliphatic rings. The second kappa shape index (κ2) is 7.03. The van der Waals surface area contributed by atoms with Gasteiger partial charge in [-0.1, -0.05) is 38.0 Å². The van der Waals surface area contributed by atoms with Gasteiger partial charge in [0.2, 0.25) is 0 Å². The number of nitrogens with one attached hydrogen (secondary N) is 1. The van der Waals surface area contributed by atoms with E-state index in [0.29, 0.717) is 11.8 Å². The molecule has 24 heavy (non-hydrogen) atoms. The zero-order valence-electron chi connectivity index (χ0n) is 14.6. The molecule has 0 aliphatic carbocycles. The van der Waals surface area contributed by atoms with Gasteiger partial charge in [-0.25, -0.2) is 0 Å². The van der Waals surface area contributed by atoms with E-state index in [2.05, 4.69) is 48.2 Å². The standard InChI is InChI=1S/C18H24N4O2/c1-11(2)17-10-15(23-22-17)8-13(4)18-9-14(21-24-18)7-12(3)16-5-6-19-20-16/h5-6,9-13H,7-8H2,1-4H3,(H,19,20). The summed E-state index contributed by atoms with van der Waals surface area (Å²) in [5, 5.41) is 15.3. The predicted octanol–water partition coefficient (Wildman–Crippen LogP) is 4.20. The molecule has 0 aliphatic heterocycles. The lowest BCUT2D eigenvalue weighted by atomic mass is 9.99. The van der Waals surface area contributed by atoms with Crippen LogP contribution in [0.15, 0.2) is 33.4 Å². The smallest absolute Gasteiger partial charge is 0.140 e. The lowest BCUT2D eigenvalue weighted by molar-refractivity contribution is 0.336. The molecule has 0 saturated carbocycles. The largest absolute Gasteiger partial charge is 0.361 e. The Balaban J connectivity index is 1.61. The van der Waals surface area contributed by atoms with Crippen LogP contribution in [-0.4, -0.2) is 20.5 Å². The number of hydrogen-bond acceptors (Lipinski definition) is 5. The molecule has 0 bridgehead atoms. The van der Waals surface area contributed by atoms with Gasteiger partial charge in [0.25, 0.3) is 0 Å². The highest BCUT2D eigenvalue weighted by atomic mass is 16.5. The first-order valence-electron chi connectivity index (χ1n) is 8.43. The number of rotatable bonds is 7. The highest BCUT2D eigenvalue weighted by molar-refractivity contribution is 5.17. The number of hydrogen-bond donors (Lipinski definition) is 1. The van der Waals surface area contributed by atoms with Crippen molar-refractivity contribution < 1.29 is 9.05 Å². The molecule has 0 fully saturated rings. The van der Waals surface area contributed by atoms with Crippen LogP contribution in [0.25, 0.3) is 0 Å². The van der Waals surface area contributed by atoms with Gasteiger partial charge in [0, 0.05) is 48.7 Å². The van der Waals surface area contributed by atoms with Crippen LogP contribution < -0.4 is 0 Å². The van der Waals surface area contributed by atoms with Crippen LogP contribution in [0.3, 0.4) is 0 Å². The second-order valence-electron chi connectivity index (χ2n) is 6.82. The third-order valence-electron chi connectivity index (χ3n) is 4.31. The highest BCUT2D eigenvalue weighted by Crippen LogP contribution is 2.25. The average molecular weight is 328 g/mol. The van der Waals surface area contributed by atoms with Gasteiger partial charge in [-0.15, -0.1) is 0 Å². The average Bonchev–Trinajstić information content (AvgIpc) is 3.28. The second-order valence-corrected chi connectivity index (χ2v) is 6.82. The van der Waals surface area contributed by atoms with E-state index in [4.69, 9.17) is 9.05 Å². The molecular weight excluding hydrogens is 304 g/mol. The topological polar surface area (TPSA) is 80.7 Å². The van der Waals surface area contributed by atoms with Crippen molar-refractivity contribution in [3.63, 3.8) is 0 Å². The quantitative estimate of drug-likeness (QED) is 0.703. The van der Waals surface area contributed by atoms with Crippen molar-refractivity contribution in [2.75, 3.05) is 0 Å². The molecule has 2 unspecified atom stereocenters. The first kappa shape index (κ1) is 16.5. The van der Waals surface area contributed by atoms with Crippen LogP contribution in [0.5, 0.6) is 0 Å². The monoisotopic (exact) mass is 328 g/mol. The molecule has 1 N–H and O–H groups in total. The SMILES string of the molecule is CC(C)c1cc(CC(C)c2cc(CC(C)c3ccn[nH]3)no2)on1. The van der Waals surface area contributed by atoms with Crippen molar-refractivity contribution in [2.24, 2.45) is 0 Å². The minimum Gasteiger partial charge on any atom is -0.361 e. The van der Waals surface area contributed by atoms with Crippen molar-refractivity contribution in [1.29, 1.82) is 0 Å². The van der Waals surface area contributed by atoms with Gasteiger partial charge in [-0.05, 0) is 12.0 Å². The number of aromatic nitrogens is 4. The van der Waals surface area contributed by atoms with Gasteiger partial charge >= 0.3 is 0 Å². The maximum absolute atomic E-state index is 5.53. The summed E-state index contributed by atoms with van der Waals surface area (Å²) in [4.78, 5) is 0. The van der Waals surface area contributed by atoms with E-state index in [1.165, 1.54) is 0 Å². The summed E-state index contributed by atoms with van der Waals surface area (Å²) in [7, 11) is 0. The number of H-pyrrole nitrogens is 1. The van der Waals surface area contributed by atoms with E-state index in [1.807, 2.05) is 18.2 Å². The van der Waals surface area contributed by atoms with E-state index in [1.54, 1.807) is 6.20 Å². The molecule has 2 atom stereocenters. The zero-order chi connectivity index (χ0) is 17.1. The van der Waals surface area contributed by atoms with Crippen molar-refractivity contribution in [3.8, 4) is 0 Å². The molecule has 3 heterocycles. The van der Waals surface area contributed by atoms with Gasteiger partial charge in [0.05, 0.1) is 11.4 Å². The molecule has 0 saturated heterocycles. The molecule has 0 spiro atoms. The van der Waals surface area contributed by atoms with Crippen LogP contribution in [0.4, 0.5) is 0 Å². The number of nitrogens with zero attached hydrogens (tertiary/aromatic N) is 3. The fourth-order valence-corrected chi connectivity index (χ4v) is 2.72. The summed E-state index contributed by atoms with van der Waals surface area (Å²) in [5.41, 5.74) is 3.05. The minimum absolute atomic E-state index is 0.196. The first-order chi connectivity index (χ1) is 11.5. The van der Waals surface area contributed by atoms with Gasteiger partial charge in [-0.3, -0.25) is 5.10 Å². The lowest BCUT2D eigenvalue weighted by Crippen LogP contribution is -1.99. The molecule has 3 rings (SSSR count). The molecule has 0 radical (unpaired) electrons. The van der Waals surface area contributed by atoms with E-state index in [-0.39, 0.29) is 5.92 Å². The Kier molecular flexibility index (Phi) is 4.83. The summed E-state index contributed by atoms with van der Waals surface area (Å²) in [5.74, 6) is 2.66. The fraction of sp³-hybridized carbons (Fsp3) is 0.500. The van der Waals surface area contributed by atoms with Crippen molar-refractivity contribution in [2.45, 2.75) is 58.3 Å². The normalized spacial score (nSPS) is 14.2. The molecule has 6 heteroatoms. The van der Waals surface area contributed by atoms with Gasteiger partial charge in [-0.2, -0.15) is 5.10 Å². The van der Waals surface area contributed by atoms with E-state index in [9.17, 15) is 0 Å². The van der Waals surface area contributed by atoms with Crippen molar-refractivity contribution in [1.82, 2.24) is 20.5 Å². The Morgan fingerprint density at radius 1 is 1.00 bits per heavy atom. The zero-order valence-corrected chi connectivity index (χ0v) is 14.6. The van der Waals surface area contributed by atoms with E-state index in [0.717, 1.165) is 41.4 Å². The third-order valence-corrected chi connectivity index (χ3v) is 4.31. The summed E-state index contributed by atoms with van der Waals surface area (Å²) in [6, 6.07) is 6.06. The third kappa shape index (κ3) is 3.75. The highest BCUT2D eigenvalue weighted by Gasteiger charge is 2.18. The summed E-state index contributed by atoms with van der Waals surface area (Å²) >= 11 is 0. The lowest BCUT2D eigenvalue weighted by Gasteiger charge is -2.05. The molecule has 0 aromatic carbocycles. The van der Waals surface area contributed by atoms with Crippen LogP contribution in [-0.2, 0) is 12.8 Å². The summed E-state index contributed by atoms with van der Waals surface area (Å²) in [6.45, 7) is 8.47. The molecule has 6 nitrogen and oxygen atoms in total. The van der Waals surface area contributed by atoms with Gasteiger partial charge in [0.1, 0.15) is 11.5 Å².